The van der Waals surface area contributed by atoms with Crippen LogP contribution in [0.5, 0.6) is 0 Å². The lowest BCUT2D eigenvalue weighted by molar-refractivity contribution is -0.140. The molecule has 0 aromatic heterocycles. The molecule has 2 N–H and O–H groups in total. The molecule has 3 fully saturated rings. The summed E-state index contributed by atoms with van der Waals surface area (Å²) in [5.41, 5.74) is -0.112. The van der Waals surface area contributed by atoms with Crippen molar-refractivity contribution in [2.75, 3.05) is 33.9 Å². The molecule has 0 radical (unpaired) electrons. The summed E-state index contributed by atoms with van der Waals surface area (Å²) in [5, 5.41) is 13.4. The number of esters is 1. The third-order valence-electron chi connectivity index (χ3n) is 6.19. The summed E-state index contributed by atoms with van der Waals surface area (Å²) in [6.45, 7) is 0.598. The Morgan fingerprint density at radius 3 is 2.81 bits per heavy atom. The number of rotatable bonds is 4. The van der Waals surface area contributed by atoms with Crippen molar-refractivity contribution >= 4 is 17.5 Å². The molecule has 1 aliphatic carbocycles. The molecule has 9 nitrogen and oxygen atoms in total. The number of aliphatic hydroxyl groups is 1. The monoisotopic (exact) mass is 361 g/mol. The lowest BCUT2D eigenvalue weighted by atomic mass is 9.84. The molecule has 5 atom stereocenters. The third-order valence-corrected chi connectivity index (χ3v) is 6.19. The van der Waals surface area contributed by atoms with E-state index < -0.39 is 23.7 Å². The van der Waals surface area contributed by atoms with Crippen molar-refractivity contribution < 1.29 is 29.0 Å². The summed E-state index contributed by atoms with van der Waals surface area (Å²) in [7, 11) is 2.83. The minimum Gasteiger partial charge on any atom is -0.467 e. The summed E-state index contributed by atoms with van der Waals surface area (Å²) in [6, 6.07) is -0.365. The normalized spacial score (nSPS) is 39.6. The zero-order chi connectivity index (χ0) is 18.4. The fraction of sp³-hybridized carbons (Fsp3) is 0.588. The van der Waals surface area contributed by atoms with Gasteiger partial charge in [0.15, 0.2) is 5.72 Å². The number of Topliss-reactive ketones (excluding diaryl/α,β-unsaturated/α-hetero) is 1. The molecule has 9 heteroatoms. The van der Waals surface area contributed by atoms with Gasteiger partial charge in [0.2, 0.25) is 11.6 Å². The topological polar surface area (TPSA) is 118 Å². The highest BCUT2D eigenvalue weighted by molar-refractivity contribution is 6.23. The molecule has 0 amide bonds. The van der Waals surface area contributed by atoms with Gasteiger partial charge in [-0.3, -0.25) is 9.59 Å². The number of fused-ring (bicyclic) bond motifs is 4. The van der Waals surface area contributed by atoms with Crippen LogP contribution in [0.3, 0.4) is 0 Å². The molecule has 26 heavy (non-hydrogen) atoms. The zero-order valence-electron chi connectivity index (χ0n) is 14.4. The summed E-state index contributed by atoms with van der Waals surface area (Å²) in [6.07, 6.45) is 1.29. The Kier molecular flexibility index (Phi) is 3.03. The van der Waals surface area contributed by atoms with Gasteiger partial charge in [0, 0.05) is 31.3 Å². The van der Waals surface area contributed by atoms with Crippen molar-refractivity contribution in [2.45, 2.75) is 23.9 Å². The molecule has 5 rings (SSSR count). The van der Waals surface area contributed by atoms with Crippen molar-refractivity contribution in [1.29, 1.82) is 0 Å². The van der Waals surface area contributed by atoms with Gasteiger partial charge in [-0.05, 0) is 0 Å². The Bertz CT molecular complexity index is 819. The number of nitrogens with zero attached hydrogens (tertiary/aromatic N) is 2. The number of hydrogen-bond acceptors (Lipinski definition) is 9. The first-order chi connectivity index (χ1) is 12.5. The van der Waals surface area contributed by atoms with Crippen LogP contribution in [-0.2, 0) is 23.9 Å². The summed E-state index contributed by atoms with van der Waals surface area (Å²) in [4.78, 5) is 41.1. The molecule has 138 valence electrons. The Labute approximate surface area is 149 Å². The van der Waals surface area contributed by atoms with Crippen molar-refractivity contribution in [3.8, 4) is 0 Å². The Balaban J connectivity index is 1.53. The Hall–Kier alpha value is -2.23. The number of nitrogens with one attached hydrogen (secondary N) is 1. The molecule has 4 aliphatic heterocycles. The molecule has 5 aliphatic rings. The van der Waals surface area contributed by atoms with E-state index in [1.54, 1.807) is 4.90 Å². The van der Waals surface area contributed by atoms with Crippen LogP contribution in [0.2, 0.25) is 0 Å². The number of hydrogen-bond donors (Lipinski definition) is 2. The Morgan fingerprint density at radius 1 is 1.38 bits per heavy atom. The van der Waals surface area contributed by atoms with E-state index in [1.165, 1.54) is 20.3 Å². The van der Waals surface area contributed by atoms with Crippen LogP contribution in [-0.4, -0.2) is 90.2 Å². The number of carbonyl (C=O) groups is 3. The maximum absolute atomic E-state index is 13.2. The van der Waals surface area contributed by atoms with Gasteiger partial charge in [-0.25, -0.2) is 4.79 Å². The maximum atomic E-state index is 13.2. The summed E-state index contributed by atoms with van der Waals surface area (Å²) >= 11 is 0. The largest absolute Gasteiger partial charge is 0.467 e. The maximum Gasteiger partial charge on any atom is 0.330 e. The fourth-order valence-corrected chi connectivity index (χ4v) is 4.92. The number of ether oxygens (including phenoxy) is 2. The van der Waals surface area contributed by atoms with Crippen LogP contribution < -0.4 is 5.32 Å². The number of piperazine rings is 1. The number of ketones is 2. The third kappa shape index (κ3) is 1.68. The zero-order valence-corrected chi connectivity index (χ0v) is 14.4. The SMILES string of the molecule is COC(=O)C1CN1C1=CC(=O)C2=C(C1=O)C(CO)C1(OC)C3NC3CN21. The minimum atomic E-state index is -0.917. The molecule has 4 heterocycles. The highest BCUT2D eigenvalue weighted by atomic mass is 16.5. The van der Waals surface area contributed by atoms with E-state index in [0.29, 0.717) is 24.4 Å². The van der Waals surface area contributed by atoms with Gasteiger partial charge < -0.3 is 29.7 Å². The molecule has 0 spiro atoms. The van der Waals surface area contributed by atoms with E-state index in [4.69, 9.17) is 9.47 Å². The molecule has 5 unspecified atom stereocenters. The van der Waals surface area contributed by atoms with Crippen LogP contribution in [0.15, 0.2) is 23.0 Å². The number of carbonyl (C=O) groups excluding carboxylic acids is 3. The van der Waals surface area contributed by atoms with Gasteiger partial charge in [0.1, 0.15) is 6.04 Å². The predicted octanol–water partition coefficient (Wildman–Crippen LogP) is -2.25. The first kappa shape index (κ1) is 16.0. The van der Waals surface area contributed by atoms with E-state index in [2.05, 4.69) is 5.32 Å². The second-order valence-corrected chi connectivity index (χ2v) is 7.23. The van der Waals surface area contributed by atoms with Crippen molar-refractivity contribution in [2.24, 2.45) is 5.92 Å². The van der Waals surface area contributed by atoms with E-state index in [9.17, 15) is 19.5 Å². The molecule has 0 saturated carbocycles. The standard InChI is InChI=1S/C17H19N3O6/c1-25-16(24)10-5-19(10)9-3-11(22)13-12(14(9)23)7(6-21)17(26-2)15-8(18-15)4-20(13)17/h3,7-8,10,15,18,21H,4-6H2,1-2H3. The molecule has 0 aromatic rings. The van der Waals surface area contributed by atoms with E-state index in [0.717, 1.165) is 0 Å². The second kappa shape index (κ2) is 4.93. The van der Waals surface area contributed by atoms with Crippen molar-refractivity contribution in [3.05, 3.63) is 23.0 Å². The molecular weight excluding hydrogens is 342 g/mol. The Morgan fingerprint density at radius 2 is 2.15 bits per heavy atom. The predicted molar refractivity (Wildman–Crippen MR) is 85.4 cm³/mol. The summed E-state index contributed by atoms with van der Waals surface area (Å²) in [5.74, 6) is -1.67. The van der Waals surface area contributed by atoms with E-state index in [1.807, 2.05) is 4.90 Å². The van der Waals surface area contributed by atoms with E-state index >= 15 is 0 Å². The first-order valence-electron chi connectivity index (χ1n) is 8.58. The number of allylic oxidation sites excluding steroid dienone is 2. The quantitative estimate of drug-likeness (QED) is 0.325. The first-order valence-corrected chi connectivity index (χ1v) is 8.58. The van der Waals surface area contributed by atoms with Gasteiger partial charge >= 0.3 is 5.97 Å². The lowest BCUT2D eigenvalue weighted by Crippen LogP contribution is -2.54. The highest BCUT2D eigenvalue weighted by Crippen LogP contribution is 2.55. The second-order valence-electron chi connectivity index (χ2n) is 7.23. The van der Waals surface area contributed by atoms with E-state index in [-0.39, 0.29) is 36.0 Å². The van der Waals surface area contributed by atoms with Crippen LogP contribution in [0, 0.1) is 5.92 Å². The average Bonchev–Trinajstić information content (AvgIpc) is 3.54. The fourth-order valence-electron chi connectivity index (χ4n) is 4.92. The van der Waals surface area contributed by atoms with Crippen LogP contribution in [0.25, 0.3) is 0 Å². The van der Waals surface area contributed by atoms with Crippen LogP contribution in [0.1, 0.15) is 0 Å². The number of methoxy groups -OCH3 is 2. The molecule has 0 bridgehead atoms. The van der Waals surface area contributed by atoms with Crippen molar-refractivity contribution in [1.82, 2.24) is 15.1 Å². The highest BCUT2D eigenvalue weighted by Gasteiger charge is 2.72. The van der Waals surface area contributed by atoms with Gasteiger partial charge in [-0.15, -0.1) is 0 Å². The summed E-state index contributed by atoms with van der Waals surface area (Å²) < 4.78 is 10.5. The van der Waals surface area contributed by atoms with Gasteiger partial charge in [0.05, 0.1) is 43.6 Å². The molecular formula is C17H19N3O6. The van der Waals surface area contributed by atoms with Crippen molar-refractivity contribution in [3.63, 3.8) is 0 Å². The van der Waals surface area contributed by atoms with Crippen LogP contribution in [0.4, 0.5) is 0 Å². The van der Waals surface area contributed by atoms with Gasteiger partial charge in [-0.2, -0.15) is 0 Å². The molecule has 0 aromatic carbocycles. The smallest absolute Gasteiger partial charge is 0.330 e. The van der Waals surface area contributed by atoms with Gasteiger partial charge in [0.25, 0.3) is 0 Å². The van der Waals surface area contributed by atoms with Gasteiger partial charge in [-0.1, -0.05) is 0 Å². The van der Waals surface area contributed by atoms with Crippen LogP contribution >= 0.6 is 0 Å². The molecule has 3 saturated heterocycles. The average molecular weight is 361 g/mol. The lowest BCUT2D eigenvalue weighted by Gasteiger charge is -2.39. The number of aliphatic hydroxyl groups excluding tert-OH is 1. The minimum absolute atomic E-state index is 0.0247.